The molecule has 0 aromatic heterocycles. The lowest BCUT2D eigenvalue weighted by Crippen LogP contribution is -2.58. The molecule has 0 bridgehead atoms. The molecule has 3 nitrogen and oxygen atoms in total. The normalized spacial score (nSPS) is 29.6. The van der Waals surface area contributed by atoms with Crippen LogP contribution in [-0.2, 0) is 6.54 Å². The second-order valence-electron chi connectivity index (χ2n) is 6.80. The molecule has 0 saturated heterocycles. The molecule has 0 aliphatic heterocycles. The van der Waals surface area contributed by atoms with Gasteiger partial charge in [-0.1, -0.05) is 32.4 Å². The summed E-state index contributed by atoms with van der Waals surface area (Å²) in [5, 5.41) is 0. The predicted octanol–water partition coefficient (Wildman–Crippen LogP) is 3.28. The minimum atomic E-state index is 0.137. The molecule has 1 fully saturated rings. The van der Waals surface area contributed by atoms with Crippen LogP contribution in [0.4, 0.5) is 0 Å². The molecule has 3 atom stereocenters. The summed E-state index contributed by atoms with van der Waals surface area (Å²) in [6.07, 6.45) is 3.82. The topological polar surface area (TPSA) is 38.5 Å². The monoisotopic (exact) mass is 290 g/mol. The molecule has 118 valence electrons. The van der Waals surface area contributed by atoms with Crippen molar-refractivity contribution in [2.24, 2.45) is 17.6 Å². The first-order chi connectivity index (χ1) is 10.0. The van der Waals surface area contributed by atoms with Crippen molar-refractivity contribution in [1.29, 1.82) is 0 Å². The molecule has 3 heteroatoms. The maximum Gasteiger partial charge on any atom is 0.118 e. The zero-order valence-electron chi connectivity index (χ0n) is 13.9. The van der Waals surface area contributed by atoms with Crippen molar-refractivity contribution in [1.82, 2.24) is 4.90 Å². The summed E-state index contributed by atoms with van der Waals surface area (Å²) >= 11 is 0. The summed E-state index contributed by atoms with van der Waals surface area (Å²) in [6, 6.07) is 8.36. The average Bonchev–Trinajstić information content (AvgIpc) is 2.50. The number of nitrogens with zero attached hydrogens (tertiary/aromatic N) is 1. The van der Waals surface area contributed by atoms with Crippen LogP contribution < -0.4 is 10.5 Å². The van der Waals surface area contributed by atoms with Gasteiger partial charge in [0.05, 0.1) is 7.11 Å². The van der Waals surface area contributed by atoms with E-state index in [-0.39, 0.29) is 5.54 Å². The number of nitrogens with two attached hydrogens (primary N) is 1. The van der Waals surface area contributed by atoms with Crippen LogP contribution in [0.3, 0.4) is 0 Å². The van der Waals surface area contributed by atoms with Crippen molar-refractivity contribution in [3.8, 4) is 5.75 Å². The van der Waals surface area contributed by atoms with Crippen LogP contribution in [0.25, 0.3) is 0 Å². The molecule has 0 amide bonds. The van der Waals surface area contributed by atoms with E-state index in [2.05, 4.69) is 37.9 Å². The van der Waals surface area contributed by atoms with Crippen LogP contribution >= 0.6 is 0 Å². The van der Waals surface area contributed by atoms with Gasteiger partial charge < -0.3 is 10.5 Å². The molecule has 1 aliphatic carbocycles. The van der Waals surface area contributed by atoms with E-state index in [4.69, 9.17) is 10.5 Å². The molecule has 1 saturated carbocycles. The van der Waals surface area contributed by atoms with Crippen LogP contribution in [0.2, 0.25) is 0 Å². The molecule has 3 unspecified atom stereocenters. The summed E-state index contributed by atoms with van der Waals surface area (Å²) in [5.41, 5.74) is 7.68. The van der Waals surface area contributed by atoms with E-state index < -0.39 is 0 Å². The molecule has 1 aliphatic rings. The van der Waals surface area contributed by atoms with Gasteiger partial charge in [0.25, 0.3) is 0 Å². The molecule has 0 heterocycles. The van der Waals surface area contributed by atoms with E-state index >= 15 is 0 Å². The number of rotatable bonds is 5. The first kappa shape index (κ1) is 16.3. The summed E-state index contributed by atoms with van der Waals surface area (Å²) in [5.74, 6) is 2.33. The van der Waals surface area contributed by atoms with Gasteiger partial charge in [0, 0.05) is 18.6 Å². The second kappa shape index (κ2) is 6.80. The summed E-state index contributed by atoms with van der Waals surface area (Å²) < 4.78 is 5.23. The van der Waals surface area contributed by atoms with Crippen molar-refractivity contribution < 1.29 is 4.74 Å². The van der Waals surface area contributed by atoms with Crippen LogP contribution in [0.1, 0.15) is 38.7 Å². The van der Waals surface area contributed by atoms with Gasteiger partial charge in [-0.05, 0) is 49.4 Å². The maximum atomic E-state index is 6.23. The Labute approximate surface area is 129 Å². The number of ether oxygens (including phenoxy) is 1. The van der Waals surface area contributed by atoms with Gasteiger partial charge >= 0.3 is 0 Å². The molecule has 0 radical (unpaired) electrons. The van der Waals surface area contributed by atoms with Crippen molar-refractivity contribution >= 4 is 0 Å². The van der Waals surface area contributed by atoms with Gasteiger partial charge in [-0.2, -0.15) is 0 Å². The minimum absolute atomic E-state index is 0.137. The van der Waals surface area contributed by atoms with Crippen molar-refractivity contribution in [2.75, 3.05) is 20.7 Å². The standard InChI is InChI=1S/C18H30N2O/c1-14-5-6-15(2)18(11-14,13-19)20(3)12-16-7-9-17(21-4)10-8-16/h7-10,14-15H,5-6,11-13,19H2,1-4H3. The Morgan fingerprint density at radius 1 is 1.24 bits per heavy atom. The third-order valence-electron chi connectivity index (χ3n) is 5.40. The molecule has 21 heavy (non-hydrogen) atoms. The summed E-state index contributed by atoms with van der Waals surface area (Å²) in [4.78, 5) is 2.48. The smallest absolute Gasteiger partial charge is 0.118 e. The van der Waals surface area contributed by atoms with E-state index in [9.17, 15) is 0 Å². The first-order valence-corrected chi connectivity index (χ1v) is 8.06. The zero-order chi connectivity index (χ0) is 15.5. The van der Waals surface area contributed by atoms with E-state index in [1.54, 1.807) is 7.11 Å². The fourth-order valence-electron chi connectivity index (χ4n) is 3.84. The number of benzene rings is 1. The van der Waals surface area contributed by atoms with Crippen LogP contribution in [0.5, 0.6) is 5.75 Å². The lowest BCUT2D eigenvalue weighted by atomic mass is 9.68. The van der Waals surface area contributed by atoms with E-state index in [0.29, 0.717) is 5.92 Å². The Bertz CT molecular complexity index is 445. The Balaban J connectivity index is 2.13. The van der Waals surface area contributed by atoms with Gasteiger partial charge in [-0.25, -0.2) is 0 Å². The Hall–Kier alpha value is -1.06. The van der Waals surface area contributed by atoms with Gasteiger partial charge in [0.2, 0.25) is 0 Å². The lowest BCUT2D eigenvalue weighted by Gasteiger charge is -2.50. The maximum absolute atomic E-state index is 6.23. The molecule has 2 rings (SSSR count). The highest BCUT2D eigenvalue weighted by Crippen LogP contribution is 2.40. The van der Waals surface area contributed by atoms with Gasteiger partial charge in [-0.15, -0.1) is 0 Å². The molecular formula is C18H30N2O. The predicted molar refractivity (Wildman–Crippen MR) is 88.4 cm³/mol. The highest BCUT2D eigenvalue weighted by Gasteiger charge is 2.42. The number of hydrogen-bond acceptors (Lipinski definition) is 3. The third-order valence-corrected chi connectivity index (χ3v) is 5.40. The highest BCUT2D eigenvalue weighted by molar-refractivity contribution is 5.27. The minimum Gasteiger partial charge on any atom is -0.497 e. The number of hydrogen-bond donors (Lipinski definition) is 1. The van der Waals surface area contributed by atoms with E-state index in [1.807, 2.05) is 12.1 Å². The molecule has 1 aromatic carbocycles. The Kier molecular flexibility index (Phi) is 5.28. The number of methoxy groups -OCH3 is 1. The average molecular weight is 290 g/mol. The van der Waals surface area contributed by atoms with Crippen LogP contribution in [0, 0.1) is 11.8 Å². The molecule has 1 aromatic rings. The van der Waals surface area contributed by atoms with Gasteiger partial charge in [0.15, 0.2) is 0 Å². The first-order valence-electron chi connectivity index (χ1n) is 8.06. The highest BCUT2D eigenvalue weighted by atomic mass is 16.5. The lowest BCUT2D eigenvalue weighted by molar-refractivity contribution is 0.00904. The second-order valence-corrected chi connectivity index (χ2v) is 6.80. The van der Waals surface area contributed by atoms with Crippen LogP contribution in [-0.4, -0.2) is 31.1 Å². The zero-order valence-corrected chi connectivity index (χ0v) is 13.9. The Morgan fingerprint density at radius 2 is 1.90 bits per heavy atom. The summed E-state index contributed by atoms with van der Waals surface area (Å²) in [6.45, 7) is 6.41. The largest absolute Gasteiger partial charge is 0.497 e. The van der Waals surface area contributed by atoms with Crippen LogP contribution in [0.15, 0.2) is 24.3 Å². The van der Waals surface area contributed by atoms with E-state index in [0.717, 1.165) is 24.8 Å². The van der Waals surface area contributed by atoms with Gasteiger partial charge in [0.1, 0.15) is 5.75 Å². The quantitative estimate of drug-likeness (QED) is 0.904. The van der Waals surface area contributed by atoms with E-state index in [1.165, 1.54) is 24.8 Å². The number of likely N-dealkylation sites (N-methyl/N-ethyl adjacent to an activating group) is 1. The SMILES string of the molecule is COc1ccc(CN(C)C2(CN)CC(C)CCC2C)cc1. The molecular weight excluding hydrogens is 260 g/mol. The van der Waals surface area contributed by atoms with Crippen molar-refractivity contribution in [2.45, 2.75) is 45.2 Å². The Morgan fingerprint density at radius 3 is 2.48 bits per heavy atom. The van der Waals surface area contributed by atoms with Crippen molar-refractivity contribution in [3.05, 3.63) is 29.8 Å². The summed E-state index contributed by atoms with van der Waals surface area (Å²) in [7, 11) is 3.93. The van der Waals surface area contributed by atoms with Crippen molar-refractivity contribution in [3.63, 3.8) is 0 Å². The fraction of sp³-hybridized carbons (Fsp3) is 0.667. The molecule has 0 spiro atoms. The molecule has 2 N–H and O–H groups in total. The third kappa shape index (κ3) is 3.41. The fourth-order valence-corrected chi connectivity index (χ4v) is 3.84. The van der Waals surface area contributed by atoms with Gasteiger partial charge in [-0.3, -0.25) is 4.90 Å².